The van der Waals surface area contributed by atoms with E-state index in [0.29, 0.717) is 31.9 Å². The van der Waals surface area contributed by atoms with Gasteiger partial charge in [0.2, 0.25) is 0 Å². The van der Waals surface area contributed by atoms with Crippen molar-refractivity contribution in [3.05, 3.63) is 59.9 Å². The second kappa shape index (κ2) is 7.46. The Bertz CT molecular complexity index is 747. The third-order valence-corrected chi connectivity index (χ3v) is 4.09. The molecule has 4 nitrogen and oxygen atoms in total. The fourth-order valence-electron chi connectivity index (χ4n) is 2.71. The molecule has 0 aromatic heterocycles. The van der Waals surface area contributed by atoms with E-state index in [1.54, 1.807) is 21.9 Å². The van der Waals surface area contributed by atoms with Gasteiger partial charge in [0.1, 0.15) is 5.75 Å². The van der Waals surface area contributed by atoms with Gasteiger partial charge in [-0.1, -0.05) is 18.2 Å². The van der Waals surface area contributed by atoms with E-state index >= 15 is 0 Å². The number of carbonyl (C=O) groups excluding carboxylic acids is 1. The summed E-state index contributed by atoms with van der Waals surface area (Å²) in [5.74, 6) is -3.46. The number of nitrogens with zero attached hydrogens (tertiary/aromatic N) is 2. The number of hydrogen-bond acceptors (Lipinski definition) is 3. The molecule has 0 radical (unpaired) electrons. The number of halogens is 3. The van der Waals surface area contributed by atoms with Crippen molar-refractivity contribution in [2.45, 2.75) is 0 Å². The van der Waals surface area contributed by atoms with E-state index < -0.39 is 17.5 Å². The van der Waals surface area contributed by atoms with Gasteiger partial charge >= 0.3 is 0 Å². The van der Waals surface area contributed by atoms with Crippen molar-refractivity contribution in [3.63, 3.8) is 0 Å². The van der Waals surface area contributed by atoms with Gasteiger partial charge in [-0.25, -0.2) is 13.2 Å². The van der Waals surface area contributed by atoms with Gasteiger partial charge in [-0.3, -0.25) is 4.79 Å². The van der Waals surface area contributed by atoms with Crippen molar-refractivity contribution in [1.82, 2.24) is 4.90 Å². The third-order valence-electron chi connectivity index (χ3n) is 4.09. The first-order valence-electron chi connectivity index (χ1n) is 7.90. The molecule has 0 saturated carbocycles. The maximum atomic E-state index is 13.9. The predicted octanol–water partition coefficient (Wildman–Crippen LogP) is 2.83. The van der Waals surface area contributed by atoms with Crippen molar-refractivity contribution in [2.24, 2.45) is 0 Å². The summed E-state index contributed by atoms with van der Waals surface area (Å²) in [7, 11) is 0. The van der Waals surface area contributed by atoms with Crippen LogP contribution in [0.5, 0.6) is 5.75 Å². The summed E-state index contributed by atoms with van der Waals surface area (Å²) < 4.78 is 45.7. The summed E-state index contributed by atoms with van der Waals surface area (Å²) in [6, 6.07) is 11.1. The van der Waals surface area contributed by atoms with Gasteiger partial charge in [0.25, 0.3) is 5.91 Å². The van der Waals surface area contributed by atoms with Crippen LogP contribution in [0.3, 0.4) is 0 Å². The van der Waals surface area contributed by atoms with Gasteiger partial charge in [-0.2, -0.15) is 0 Å². The Morgan fingerprint density at radius 1 is 0.920 bits per heavy atom. The van der Waals surface area contributed by atoms with Crippen molar-refractivity contribution in [2.75, 3.05) is 37.7 Å². The van der Waals surface area contributed by atoms with Crippen LogP contribution in [0.15, 0.2) is 42.5 Å². The minimum atomic E-state index is -1.48. The second-order valence-electron chi connectivity index (χ2n) is 5.66. The summed E-state index contributed by atoms with van der Waals surface area (Å²) >= 11 is 0. The van der Waals surface area contributed by atoms with E-state index in [-0.39, 0.29) is 18.2 Å². The first kappa shape index (κ1) is 17.1. The number of benzene rings is 2. The molecule has 1 amide bonds. The van der Waals surface area contributed by atoms with Crippen LogP contribution in [0.1, 0.15) is 0 Å². The summed E-state index contributed by atoms with van der Waals surface area (Å²) in [4.78, 5) is 15.4. The number of piperazine rings is 1. The summed E-state index contributed by atoms with van der Waals surface area (Å²) in [5.41, 5.74) is 0.00605. The van der Waals surface area contributed by atoms with Crippen LogP contribution in [0.25, 0.3) is 0 Å². The van der Waals surface area contributed by atoms with Crippen LogP contribution in [0.4, 0.5) is 18.9 Å². The lowest BCUT2D eigenvalue weighted by atomic mass is 10.2. The summed E-state index contributed by atoms with van der Waals surface area (Å²) in [5, 5.41) is 0. The topological polar surface area (TPSA) is 32.8 Å². The van der Waals surface area contributed by atoms with Crippen LogP contribution < -0.4 is 9.64 Å². The number of ether oxygens (including phenoxy) is 1. The molecule has 132 valence electrons. The minimum Gasteiger partial charge on any atom is -0.484 e. The minimum absolute atomic E-state index is 0.00605. The van der Waals surface area contributed by atoms with Crippen molar-refractivity contribution in [1.29, 1.82) is 0 Å². The van der Waals surface area contributed by atoms with Crippen molar-refractivity contribution in [3.8, 4) is 5.75 Å². The Morgan fingerprint density at radius 2 is 1.60 bits per heavy atom. The smallest absolute Gasteiger partial charge is 0.260 e. The second-order valence-corrected chi connectivity index (χ2v) is 5.66. The normalized spacial score (nSPS) is 14.5. The van der Waals surface area contributed by atoms with Gasteiger partial charge in [-0.15, -0.1) is 0 Å². The molecule has 1 aliphatic heterocycles. The van der Waals surface area contributed by atoms with Crippen LogP contribution in [0.2, 0.25) is 0 Å². The van der Waals surface area contributed by atoms with Crippen LogP contribution >= 0.6 is 0 Å². The maximum Gasteiger partial charge on any atom is 0.260 e. The fraction of sp³-hybridized carbons (Fsp3) is 0.278. The molecule has 2 aromatic carbocycles. The molecule has 0 unspecified atom stereocenters. The van der Waals surface area contributed by atoms with E-state index in [1.807, 2.05) is 18.2 Å². The molecule has 1 heterocycles. The molecular formula is C18H17F3N2O2. The average molecular weight is 350 g/mol. The zero-order valence-electron chi connectivity index (χ0n) is 13.4. The van der Waals surface area contributed by atoms with Gasteiger partial charge < -0.3 is 14.5 Å². The van der Waals surface area contributed by atoms with Gasteiger partial charge in [0, 0.05) is 26.2 Å². The number of para-hydroxylation sites is 1. The standard InChI is InChI=1S/C18H17F3N2O2/c19-14-6-7-15(18(21)17(14)20)22-8-10-23(11-9-22)16(24)12-25-13-4-2-1-3-5-13/h1-7H,8-12H2. The van der Waals surface area contributed by atoms with E-state index in [4.69, 9.17) is 4.74 Å². The third kappa shape index (κ3) is 3.87. The Labute approximate surface area is 143 Å². The lowest BCUT2D eigenvalue weighted by Crippen LogP contribution is -2.50. The molecule has 3 rings (SSSR count). The number of amides is 1. The monoisotopic (exact) mass is 350 g/mol. The van der Waals surface area contributed by atoms with Crippen LogP contribution in [0, 0.1) is 17.5 Å². The lowest BCUT2D eigenvalue weighted by molar-refractivity contribution is -0.133. The van der Waals surface area contributed by atoms with E-state index in [1.165, 1.54) is 6.07 Å². The van der Waals surface area contributed by atoms with Gasteiger partial charge in [-0.05, 0) is 24.3 Å². The zero-order chi connectivity index (χ0) is 17.8. The molecule has 0 spiro atoms. The number of rotatable bonds is 4. The average Bonchev–Trinajstić information content (AvgIpc) is 2.65. The highest BCUT2D eigenvalue weighted by atomic mass is 19.2. The molecule has 1 saturated heterocycles. The summed E-state index contributed by atoms with van der Waals surface area (Å²) in [6.07, 6.45) is 0. The quantitative estimate of drug-likeness (QED) is 0.795. The largest absolute Gasteiger partial charge is 0.484 e. The predicted molar refractivity (Wildman–Crippen MR) is 87.0 cm³/mol. The maximum absolute atomic E-state index is 13.9. The number of anilines is 1. The molecule has 2 aromatic rings. The Hall–Kier alpha value is -2.70. The van der Waals surface area contributed by atoms with Crippen molar-refractivity contribution >= 4 is 11.6 Å². The highest BCUT2D eigenvalue weighted by Crippen LogP contribution is 2.24. The molecule has 0 N–H and O–H groups in total. The molecule has 25 heavy (non-hydrogen) atoms. The molecular weight excluding hydrogens is 333 g/mol. The molecule has 0 bridgehead atoms. The van der Waals surface area contributed by atoms with Crippen molar-refractivity contribution < 1.29 is 22.7 Å². The Balaban J connectivity index is 1.55. The van der Waals surface area contributed by atoms with Crippen LogP contribution in [-0.2, 0) is 4.79 Å². The van der Waals surface area contributed by atoms with Crippen LogP contribution in [-0.4, -0.2) is 43.6 Å². The molecule has 0 aliphatic carbocycles. The van der Waals surface area contributed by atoms with Gasteiger partial charge in [0.15, 0.2) is 24.1 Å². The molecule has 7 heteroatoms. The summed E-state index contributed by atoms with van der Waals surface area (Å²) in [6.45, 7) is 1.30. The molecule has 1 aliphatic rings. The number of carbonyl (C=O) groups is 1. The van der Waals surface area contributed by atoms with E-state index in [0.717, 1.165) is 6.07 Å². The highest BCUT2D eigenvalue weighted by Gasteiger charge is 2.25. The fourth-order valence-corrected chi connectivity index (χ4v) is 2.71. The Morgan fingerprint density at radius 3 is 2.28 bits per heavy atom. The van der Waals surface area contributed by atoms with E-state index in [2.05, 4.69) is 0 Å². The first-order chi connectivity index (χ1) is 12.1. The Kier molecular flexibility index (Phi) is 5.11. The lowest BCUT2D eigenvalue weighted by Gasteiger charge is -2.36. The first-order valence-corrected chi connectivity index (χ1v) is 7.90. The SMILES string of the molecule is O=C(COc1ccccc1)N1CCN(c2ccc(F)c(F)c2F)CC1. The number of hydrogen-bond donors (Lipinski definition) is 0. The zero-order valence-corrected chi connectivity index (χ0v) is 13.4. The highest BCUT2D eigenvalue weighted by molar-refractivity contribution is 5.78. The van der Waals surface area contributed by atoms with E-state index in [9.17, 15) is 18.0 Å². The van der Waals surface area contributed by atoms with Gasteiger partial charge in [0.05, 0.1) is 5.69 Å². The molecule has 0 atom stereocenters. The molecule has 1 fully saturated rings.